The summed E-state index contributed by atoms with van der Waals surface area (Å²) < 4.78 is 28.4. The van der Waals surface area contributed by atoms with Crippen LogP contribution in [-0.2, 0) is 24.7 Å². The Hall–Kier alpha value is -4.53. The molecule has 1 aromatic carbocycles. The van der Waals surface area contributed by atoms with Crippen molar-refractivity contribution in [3.8, 4) is 39.4 Å². The highest BCUT2D eigenvalue weighted by atomic mass is 19.1. The third-order valence-corrected chi connectivity index (χ3v) is 7.86. The molecule has 0 amide bonds. The van der Waals surface area contributed by atoms with Gasteiger partial charge in [0.15, 0.2) is 11.6 Å². The van der Waals surface area contributed by atoms with Gasteiger partial charge in [-0.1, -0.05) is 5.16 Å². The van der Waals surface area contributed by atoms with Crippen LogP contribution in [0.1, 0.15) is 40.3 Å². The summed E-state index contributed by atoms with van der Waals surface area (Å²) in [5.74, 6) is -0.425. The molecule has 4 aromatic heterocycles. The molecule has 5 aromatic rings. The van der Waals surface area contributed by atoms with Crippen molar-refractivity contribution in [2.75, 3.05) is 6.61 Å². The molecule has 0 fully saturated rings. The van der Waals surface area contributed by atoms with Crippen LogP contribution in [0.4, 0.5) is 4.39 Å². The Morgan fingerprint density at radius 1 is 1.12 bits per heavy atom. The number of carboxylic acid groups (broad SMARTS) is 1. The van der Waals surface area contributed by atoms with Crippen LogP contribution < -0.4 is 4.74 Å². The van der Waals surface area contributed by atoms with Crippen molar-refractivity contribution in [2.24, 2.45) is 7.05 Å². The van der Waals surface area contributed by atoms with Crippen molar-refractivity contribution >= 4 is 17.0 Å². The minimum absolute atomic E-state index is 0.228. The first-order chi connectivity index (χ1) is 19.2. The van der Waals surface area contributed by atoms with E-state index in [0.717, 1.165) is 51.1 Å². The summed E-state index contributed by atoms with van der Waals surface area (Å²) in [7, 11) is 1.93. The van der Waals surface area contributed by atoms with Crippen LogP contribution in [0, 0.1) is 33.5 Å². The number of nitrogens with zero attached hydrogens (tertiary/aromatic N) is 4. The molecule has 1 aliphatic heterocycles. The maximum absolute atomic E-state index is 15.4. The number of pyridine rings is 2. The second-order valence-electron chi connectivity index (χ2n) is 10.4. The van der Waals surface area contributed by atoms with Crippen molar-refractivity contribution in [3.05, 3.63) is 70.1 Å². The highest BCUT2D eigenvalue weighted by Gasteiger charge is 2.26. The maximum atomic E-state index is 15.4. The van der Waals surface area contributed by atoms with Gasteiger partial charge in [-0.2, -0.15) is 0 Å². The Balaban J connectivity index is 1.63. The number of halogens is 1. The number of aryl methyl sites for hydroxylation is 4. The van der Waals surface area contributed by atoms with E-state index in [9.17, 15) is 9.90 Å². The number of aromatic nitrogens is 4. The quantitative estimate of drug-likeness (QED) is 0.280. The number of rotatable bonds is 5. The second-order valence-corrected chi connectivity index (χ2v) is 10.4. The van der Waals surface area contributed by atoms with Crippen LogP contribution in [0.5, 0.6) is 5.75 Å². The van der Waals surface area contributed by atoms with E-state index in [0.29, 0.717) is 52.6 Å². The molecule has 0 bridgehead atoms. The average Bonchev–Trinajstić information content (AvgIpc) is 3.44. The molecule has 0 aliphatic carbocycles. The topological polar surface area (TPSA) is 103 Å². The van der Waals surface area contributed by atoms with Gasteiger partial charge in [0.2, 0.25) is 0 Å². The molecule has 0 spiro atoms. The zero-order valence-electron chi connectivity index (χ0n) is 23.1. The van der Waals surface area contributed by atoms with Crippen molar-refractivity contribution in [2.45, 2.75) is 47.0 Å². The average molecular weight is 541 g/mol. The standard InChI is InChI=1S/C31H29FN4O4/c1-15-20-7-6-10-39-30(20)24(32)12-21(15)29-22(14-27(37)38)16(2)34-31-23(29)13-26(36(31)5)19-8-9-33-25(11-19)28-17(3)35-40-18(28)4/h8-9,11-13H,6-7,10,14H2,1-5H3,(H,37,38). The van der Waals surface area contributed by atoms with Crippen molar-refractivity contribution in [1.29, 1.82) is 0 Å². The van der Waals surface area contributed by atoms with Crippen molar-refractivity contribution in [3.63, 3.8) is 0 Å². The second kappa shape index (κ2) is 9.59. The van der Waals surface area contributed by atoms with Gasteiger partial charge in [-0.05, 0) is 87.1 Å². The summed E-state index contributed by atoms with van der Waals surface area (Å²) in [4.78, 5) is 21.4. The van der Waals surface area contributed by atoms with Gasteiger partial charge in [0.1, 0.15) is 11.4 Å². The molecular formula is C31H29FN4O4. The van der Waals surface area contributed by atoms with Gasteiger partial charge in [-0.15, -0.1) is 0 Å². The van der Waals surface area contributed by atoms with Crippen LogP contribution in [0.3, 0.4) is 0 Å². The van der Waals surface area contributed by atoms with Gasteiger partial charge in [0, 0.05) is 35.5 Å². The van der Waals surface area contributed by atoms with Crippen LogP contribution in [0.15, 0.2) is 35.0 Å². The Labute approximate surface area is 230 Å². The Bertz CT molecular complexity index is 1820. The van der Waals surface area contributed by atoms with Gasteiger partial charge >= 0.3 is 5.97 Å². The number of carboxylic acids is 1. The van der Waals surface area contributed by atoms with E-state index < -0.39 is 11.8 Å². The van der Waals surface area contributed by atoms with Gasteiger partial charge in [-0.25, -0.2) is 9.37 Å². The van der Waals surface area contributed by atoms with E-state index >= 15 is 4.39 Å². The van der Waals surface area contributed by atoms with E-state index in [2.05, 4.69) is 10.1 Å². The molecule has 9 heteroatoms. The van der Waals surface area contributed by atoms with E-state index in [-0.39, 0.29) is 6.42 Å². The number of hydrogen-bond donors (Lipinski definition) is 1. The maximum Gasteiger partial charge on any atom is 0.307 e. The summed E-state index contributed by atoms with van der Waals surface area (Å²) in [6.07, 6.45) is 3.02. The SMILES string of the molecule is Cc1nc2c(cc(-c3ccnc(-c4c(C)noc4C)c3)n2C)c(-c2cc(F)c3c(c2C)CCCO3)c1CC(=O)O. The molecule has 0 saturated carbocycles. The smallest absolute Gasteiger partial charge is 0.307 e. The first-order valence-electron chi connectivity index (χ1n) is 13.2. The molecule has 5 heterocycles. The first-order valence-corrected chi connectivity index (χ1v) is 13.2. The predicted molar refractivity (Wildman–Crippen MR) is 149 cm³/mol. The lowest BCUT2D eigenvalue weighted by Crippen LogP contribution is -2.13. The molecule has 0 unspecified atom stereocenters. The lowest BCUT2D eigenvalue weighted by atomic mass is 9.87. The first kappa shape index (κ1) is 25.7. The fourth-order valence-electron chi connectivity index (χ4n) is 5.93. The molecule has 1 aliphatic rings. The Kier molecular flexibility index (Phi) is 6.17. The fourth-order valence-corrected chi connectivity index (χ4v) is 5.93. The third kappa shape index (κ3) is 4.04. The van der Waals surface area contributed by atoms with Gasteiger partial charge in [0.05, 0.1) is 35.7 Å². The van der Waals surface area contributed by atoms with Crippen molar-refractivity contribution in [1.82, 2.24) is 19.7 Å². The van der Waals surface area contributed by atoms with Crippen LogP contribution in [0.25, 0.3) is 44.7 Å². The lowest BCUT2D eigenvalue weighted by molar-refractivity contribution is -0.136. The minimum Gasteiger partial charge on any atom is -0.490 e. The number of aliphatic carboxylic acids is 1. The summed E-state index contributed by atoms with van der Waals surface area (Å²) in [5.41, 5.74) is 9.04. The van der Waals surface area contributed by atoms with E-state index in [1.807, 2.05) is 57.5 Å². The monoisotopic (exact) mass is 540 g/mol. The summed E-state index contributed by atoms with van der Waals surface area (Å²) in [6.45, 7) is 7.98. The number of carbonyl (C=O) groups is 1. The largest absolute Gasteiger partial charge is 0.490 e. The summed E-state index contributed by atoms with van der Waals surface area (Å²) in [6, 6.07) is 7.38. The minimum atomic E-state index is -0.973. The predicted octanol–water partition coefficient (Wildman–Crippen LogP) is 6.28. The highest BCUT2D eigenvalue weighted by Crippen LogP contribution is 2.43. The fraction of sp³-hybridized carbons (Fsp3) is 0.290. The number of hydrogen-bond acceptors (Lipinski definition) is 6. The molecule has 40 heavy (non-hydrogen) atoms. The van der Waals surface area contributed by atoms with E-state index in [4.69, 9.17) is 14.2 Å². The zero-order chi connectivity index (χ0) is 28.3. The van der Waals surface area contributed by atoms with Gasteiger partial charge in [-0.3, -0.25) is 9.78 Å². The lowest BCUT2D eigenvalue weighted by Gasteiger charge is -2.23. The molecular weight excluding hydrogens is 511 g/mol. The van der Waals surface area contributed by atoms with E-state index in [1.165, 1.54) is 6.07 Å². The molecule has 0 saturated heterocycles. The molecule has 0 atom stereocenters. The third-order valence-electron chi connectivity index (χ3n) is 7.86. The molecule has 0 radical (unpaired) electrons. The van der Waals surface area contributed by atoms with Crippen LogP contribution >= 0.6 is 0 Å². The number of fused-ring (bicyclic) bond motifs is 2. The number of ether oxygens (including phenoxy) is 1. The van der Waals surface area contributed by atoms with Crippen LogP contribution in [-0.4, -0.2) is 37.4 Å². The van der Waals surface area contributed by atoms with Gasteiger partial charge in [0.25, 0.3) is 0 Å². The Morgan fingerprint density at radius 3 is 2.65 bits per heavy atom. The molecule has 1 N–H and O–H groups in total. The van der Waals surface area contributed by atoms with Crippen molar-refractivity contribution < 1.29 is 23.6 Å². The summed E-state index contributed by atoms with van der Waals surface area (Å²) >= 11 is 0. The molecule has 6 rings (SSSR count). The van der Waals surface area contributed by atoms with Gasteiger partial charge < -0.3 is 18.9 Å². The molecule has 204 valence electrons. The normalized spacial score (nSPS) is 12.9. The zero-order valence-corrected chi connectivity index (χ0v) is 23.1. The van der Waals surface area contributed by atoms with Crippen LogP contribution in [0.2, 0.25) is 0 Å². The van der Waals surface area contributed by atoms with E-state index in [1.54, 1.807) is 6.20 Å². The molecule has 8 nitrogen and oxygen atoms in total. The summed E-state index contributed by atoms with van der Waals surface area (Å²) in [5, 5.41) is 14.6. The Morgan fingerprint density at radius 2 is 1.93 bits per heavy atom. The highest BCUT2D eigenvalue weighted by molar-refractivity contribution is 6.01. The number of benzene rings is 1.